The minimum atomic E-state index is -2.20. The Balaban J connectivity index is 0. The van der Waals surface area contributed by atoms with Crippen molar-refractivity contribution in [2.24, 2.45) is 5.92 Å². The van der Waals surface area contributed by atoms with Crippen LogP contribution in [0.3, 0.4) is 0 Å². The fourth-order valence-corrected chi connectivity index (χ4v) is 1.29. The zero-order valence-electron chi connectivity index (χ0n) is 9.58. The fourth-order valence-electron chi connectivity index (χ4n) is 1.17. The Morgan fingerprint density at radius 3 is 2.12 bits per heavy atom. The van der Waals surface area contributed by atoms with Gasteiger partial charge in [-0.05, 0) is 12.8 Å². The number of unbranched alkanes of at least 4 members (excludes halogenated alkanes) is 1. The van der Waals surface area contributed by atoms with Gasteiger partial charge >= 0.3 is 11.9 Å². The molecule has 0 aliphatic carbocycles. The Morgan fingerprint density at radius 2 is 1.76 bits per heavy atom. The first-order valence-corrected chi connectivity index (χ1v) is 6.29. The number of carbonyl (C=O) groups is 2. The van der Waals surface area contributed by atoms with Crippen molar-refractivity contribution in [1.82, 2.24) is 0 Å². The zero-order valence-corrected chi connectivity index (χ0v) is 12.8. The van der Waals surface area contributed by atoms with E-state index in [9.17, 15) is 9.59 Å². The summed E-state index contributed by atoms with van der Waals surface area (Å²) in [6.07, 6.45) is 3.16. The molecule has 0 aliphatic rings. The number of alkyl halides is 3. The van der Waals surface area contributed by atoms with E-state index in [2.05, 4.69) is 4.74 Å². The predicted octanol–water partition coefficient (Wildman–Crippen LogP) is 3.64. The zero-order chi connectivity index (χ0) is 12.8. The van der Waals surface area contributed by atoms with Crippen molar-refractivity contribution in [2.75, 3.05) is 0 Å². The number of halogens is 3. The first kappa shape index (κ1) is 19.8. The Bertz CT molecular complexity index is 254. The Hall–Kier alpha value is 0.504. The molecule has 0 aromatic carbocycles. The maximum absolute atomic E-state index is 11.5. The van der Waals surface area contributed by atoms with Gasteiger partial charge in [-0.3, -0.25) is 4.79 Å². The first-order chi connectivity index (χ1) is 7.32. The number of esters is 2. The normalized spacial score (nSPS) is 12.5. The summed E-state index contributed by atoms with van der Waals surface area (Å²) in [5.41, 5.74) is 0. The number of hydrogen-bond acceptors (Lipinski definition) is 3. The minimum Gasteiger partial charge on any atom is -0.390 e. The summed E-state index contributed by atoms with van der Waals surface area (Å²) in [4.78, 5) is 22.6. The Labute approximate surface area is 126 Å². The van der Waals surface area contributed by atoms with Crippen LogP contribution in [-0.2, 0) is 30.8 Å². The van der Waals surface area contributed by atoms with Crippen LogP contribution >= 0.6 is 34.8 Å². The molecule has 0 aliphatic heterocycles. The van der Waals surface area contributed by atoms with Crippen molar-refractivity contribution in [3.05, 3.63) is 0 Å². The second-order valence-corrected chi connectivity index (χ2v) is 5.73. The summed E-state index contributed by atoms with van der Waals surface area (Å²) in [7, 11) is 0. The Kier molecular flexibility index (Phi) is 11.0. The van der Waals surface area contributed by atoms with E-state index in [4.69, 9.17) is 34.8 Å². The quantitative estimate of drug-likeness (QED) is 0.330. The maximum atomic E-state index is 11.5. The average molecular weight is 348 g/mol. The molecule has 0 aromatic rings. The molecule has 0 radical (unpaired) electrons. The standard InChI is InChI=1S/C10H15Cl3O3.Ni/c1-3-5-6-7(4-2)8(14)16-9(15)10(11,12)13;/h7H,3-6H2,1-2H3;. The number of carbonyl (C=O) groups excluding carboxylic acids is 2. The van der Waals surface area contributed by atoms with Gasteiger partial charge in [0.05, 0.1) is 5.92 Å². The van der Waals surface area contributed by atoms with E-state index in [0.29, 0.717) is 12.8 Å². The van der Waals surface area contributed by atoms with Crippen LogP contribution in [0.15, 0.2) is 0 Å². The molecule has 0 rings (SSSR count). The molecule has 0 fully saturated rings. The molecule has 17 heavy (non-hydrogen) atoms. The number of ether oxygens (including phenoxy) is 1. The summed E-state index contributed by atoms with van der Waals surface area (Å²) in [5, 5.41) is 0. The van der Waals surface area contributed by atoms with Crippen molar-refractivity contribution >= 4 is 46.7 Å². The van der Waals surface area contributed by atoms with Crippen molar-refractivity contribution < 1.29 is 30.8 Å². The monoisotopic (exact) mass is 346 g/mol. The molecule has 0 saturated carbocycles. The van der Waals surface area contributed by atoms with E-state index < -0.39 is 15.7 Å². The first-order valence-electron chi connectivity index (χ1n) is 5.15. The van der Waals surface area contributed by atoms with Crippen molar-refractivity contribution in [2.45, 2.75) is 43.3 Å². The van der Waals surface area contributed by atoms with E-state index in [1.54, 1.807) is 0 Å². The SMILES string of the molecule is CCCCC(CC)C(=O)OC(=O)C(Cl)(Cl)Cl.[Ni]. The van der Waals surface area contributed by atoms with Crippen LogP contribution in [0.25, 0.3) is 0 Å². The van der Waals surface area contributed by atoms with Gasteiger partial charge < -0.3 is 4.74 Å². The van der Waals surface area contributed by atoms with Gasteiger partial charge in [0.15, 0.2) is 0 Å². The van der Waals surface area contributed by atoms with Crippen LogP contribution in [0.1, 0.15) is 39.5 Å². The molecule has 1 atom stereocenters. The maximum Gasteiger partial charge on any atom is 0.366 e. The van der Waals surface area contributed by atoms with Crippen LogP contribution in [0.5, 0.6) is 0 Å². The summed E-state index contributed by atoms with van der Waals surface area (Å²) < 4.78 is 2.30. The van der Waals surface area contributed by atoms with Gasteiger partial charge in [0.2, 0.25) is 0 Å². The average Bonchev–Trinajstić information content (AvgIpc) is 2.17. The molecule has 0 amide bonds. The Morgan fingerprint density at radius 1 is 1.24 bits per heavy atom. The van der Waals surface area contributed by atoms with E-state index in [1.807, 2.05) is 13.8 Å². The largest absolute Gasteiger partial charge is 0.390 e. The molecule has 0 aromatic heterocycles. The van der Waals surface area contributed by atoms with Crippen LogP contribution < -0.4 is 0 Å². The van der Waals surface area contributed by atoms with E-state index in [0.717, 1.165) is 12.8 Å². The third-order valence-corrected chi connectivity index (χ3v) is 2.62. The molecule has 104 valence electrons. The van der Waals surface area contributed by atoms with Crippen molar-refractivity contribution in [3.8, 4) is 0 Å². The molecule has 3 nitrogen and oxygen atoms in total. The molecular weight excluding hydrogens is 333 g/mol. The summed E-state index contributed by atoms with van der Waals surface area (Å²) in [6, 6.07) is 0. The molecule has 0 spiro atoms. The molecule has 7 heteroatoms. The van der Waals surface area contributed by atoms with Gasteiger partial charge in [0.25, 0.3) is 3.79 Å². The molecular formula is C10H15Cl3NiO3. The van der Waals surface area contributed by atoms with Crippen LogP contribution in [0.4, 0.5) is 0 Å². The molecule has 0 saturated heterocycles. The van der Waals surface area contributed by atoms with Gasteiger partial charge in [-0.1, -0.05) is 61.5 Å². The minimum absolute atomic E-state index is 0. The van der Waals surface area contributed by atoms with Gasteiger partial charge in [0.1, 0.15) is 0 Å². The summed E-state index contributed by atoms with van der Waals surface area (Å²) >= 11 is 15.9. The molecule has 0 heterocycles. The van der Waals surface area contributed by atoms with E-state index in [-0.39, 0.29) is 22.4 Å². The van der Waals surface area contributed by atoms with Crippen LogP contribution in [0, 0.1) is 5.92 Å². The molecule has 1 unspecified atom stereocenters. The van der Waals surface area contributed by atoms with Gasteiger partial charge in [-0.2, -0.15) is 0 Å². The third-order valence-electron chi connectivity index (χ3n) is 2.16. The smallest absolute Gasteiger partial charge is 0.366 e. The van der Waals surface area contributed by atoms with E-state index >= 15 is 0 Å². The van der Waals surface area contributed by atoms with Crippen LogP contribution in [-0.4, -0.2) is 15.7 Å². The van der Waals surface area contributed by atoms with E-state index in [1.165, 1.54) is 0 Å². The fraction of sp³-hybridized carbons (Fsp3) is 0.800. The number of hydrogen-bond donors (Lipinski definition) is 0. The van der Waals surface area contributed by atoms with Crippen molar-refractivity contribution in [1.29, 1.82) is 0 Å². The predicted molar refractivity (Wildman–Crippen MR) is 64.7 cm³/mol. The second-order valence-electron chi connectivity index (χ2n) is 3.45. The van der Waals surface area contributed by atoms with Crippen molar-refractivity contribution in [3.63, 3.8) is 0 Å². The summed E-state index contributed by atoms with van der Waals surface area (Å²) in [6.45, 7) is 3.87. The van der Waals surface area contributed by atoms with Gasteiger partial charge in [-0.15, -0.1) is 0 Å². The van der Waals surface area contributed by atoms with Gasteiger partial charge in [-0.25, -0.2) is 4.79 Å². The number of rotatable bonds is 5. The van der Waals surface area contributed by atoms with Crippen LogP contribution in [0.2, 0.25) is 0 Å². The topological polar surface area (TPSA) is 43.4 Å². The third kappa shape index (κ3) is 8.26. The summed E-state index contributed by atoms with van der Waals surface area (Å²) in [5.74, 6) is -2.07. The van der Waals surface area contributed by atoms with Gasteiger partial charge in [0, 0.05) is 16.5 Å². The molecule has 0 bridgehead atoms. The molecule has 0 N–H and O–H groups in total. The second kappa shape index (κ2) is 9.44.